The second-order valence-corrected chi connectivity index (χ2v) is 5.86. The third-order valence-electron chi connectivity index (χ3n) is 1.96. The van der Waals surface area contributed by atoms with E-state index in [9.17, 15) is 0 Å². The number of nitrogens with zero attached hydrogens (tertiary/aromatic N) is 1. The highest BCUT2D eigenvalue weighted by molar-refractivity contribution is 6.60. The van der Waals surface area contributed by atoms with Gasteiger partial charge in [0.2, 0.25) is 0 Å². The smallest absolute Gasteiger partial charge is 0.374 e. The molecule has 0 aromatic heterocycles. The molecule has 0 heterocycles. The number of rotatable bonds is 10. The molecule has 0 aliphatic heterocycles. The Hall–Kier alpha value is -0.453. The van der Waals surface area contributed by atoms with E-state index in [1.54, 1.807) is 0 Å². The summed E-state index contributed by atoms with van der Waals surface area (Å²) < 4.78 is 17.1. The molecular weight excluding hydrogens is 222 g/mol. The lowest BCUT2D eigenvalue weighted by Gasteiger charge is -2.28. The van der Waals surface area contributed by atoms with Crippen molar-refractivity contribution in [2.45, 2.75) is 33.2 Å². The van der Waals surface area contributed by atoms with E-state index in [-0.39, 0.29) is 0 Å². The van der Waals surface area contributed by atoms with E-state index in [2.05, 4.69) is 17.4 Å². The van der Waals surface area contributed by atoms with Crippen LogP contribution < -0.4 is 0 Å². The zero-order valence-electron chi connectivity index (χ0n) is 10.6. The van der Waals surface area contributed by atoms with Gasteiger partial charge in [0.25, 0.3) is 0 Å². The van der Waals surface area contributed by atoms with Gasteiger partial charge >= 0.3 is 8.80 Å². The normalized spacial score (nSPS) is 11.2. The van der Waals surface area contributed by atoms with Crippen LogP contribution in [-0.4, -0.2) is 41.0 Å². The first-order valence-corrected chi connectivity index (χ1v) is 7.78. The zero-order chi connectivity index (χ0) is 12.3. The highest BCUT2D eigenvalue weighted by atomic mass is 28.4. The average molecular weight is 245 g/mol. The van der Waals surface area contributed by atoms with Crippen molar-refractivity contribution in [3.63, 3.8) is 0 Å². The first-order valence-electron chi connectivity index (χ1n) is 5.85. The van der Waals surface area contributed by atoms with Crippen LogP contribution in [0.1, 0.15) is 27.2 Å². The Morgan fingerprint density at radius 2 is 1.56 bits per heavy atom. The largest absolute Gasteiger partial charge is 0.500 e. The summed E-state index contributed by atoms with van der Waals surface area (Å²) in [6.07, 6.45) is 0.884. The maximum Gasteiger partial charge on any atom is 0.500 e. The summed E-state index contributed by atoms with van der Waals surface area (Å²) >= 11 is 0. The van der Waals surface area contributed by atoms with E-state index in [0.29, 0.717) is 26.4 Å². The van der Waals surface area contributed by atoms with Gasteiger partial charge in [-0.1, -0.05) is 0 Å². The Morgan fingerprint density at radius 3 is 1.94 bits per heavy atom. The topological polar surface area (TPSA) is 40.0 Å². The molecule has 0 N–H and O–H groups in total. The maximum absolute atomic E-state index is 5.71. The molecule has 0 spiro atoms. The van der Waals surface area contributed by atoms with Gasteiger partial charge in [-0.25, -0.2) is 4.99 Å². The quantitative estimate of drug-likeness (QED) is 0.337. The first-order chi connectivity index (χ1) is 7.74. The Labute approximate surface area is 99.7 Å². The van der Waals surface area contributed by atoms with Crippen LogP contribution in [0.25, 0.3) is 0 Å². The van der Waals surface area contributed by atoms with Crippen LogP contribution in [0.15, 0.2) is 11.6 Å². The molecule has 0 aliphatic rings. The van der Waals surface area contributed by atoms with Gasteiger partial charge in [0.1, 0.15) is 0 Å². The van der Waals surface area contributed by atoms with Gasteiger partial charge in [0, 0.05) is 32.4 Å². The fourth-order valence-corrected chi connectivity index (χ4v) is 4.05. The Balaban J connectivity index is 4.27. The average Bonchev–Trinajstić information content (AvgIpc) is 2.26. The SMILES string of the molecule is C=C=NCCC[Si](OCC)(OCC)OCC. The highest BCUT2D eigenvalue weighted by Crippen LogP contribution is 2.17. The molecule has 0 fully saturated rings. The van der Waals surface area contributed by atoms with Crippen LogP contribution in [0.2, 0.25) is 6.04 Å². The molecule has 16 heavy (non-hydrogen) atoms. The van der Waals surface area contributed by atoms with E-state index < -0.39 is 8.80 Å². The Kier molecular flexibility index (Phi) is 9.47. The Bertz CT molecular complexity index is 200. The van der Waals surface area contributed by atoms with Crippen molar-refractivity contribution in [3.05, 3.63) is 6.58 Å². The highest BCUT2D eigenvalue weighted by Gasteiger charge is 2.39. The van der Waals surface area contributed by atoms with Crippen molar-refractivity contribution < 1.29 is 13.3 Å². The number of hydrogen-bond donors (Lipinski definition) is 0. The standard InChI is InChI=1S/C11H23NO3Si/c1-5-12-10-9-11-16(13-6-2,14-7-3)15-8-4/h1,6-11H2,2-4H3. The van der Waals surface area contributed by atoms with Crippen molar-refractivity contribution in [1.82, 2.24) is 0 Å². The molecule has 0 aromatic rings. The van der Waals surface area contributed by atoms with E-state index in [4.69, 9.17) is 13.3 Å². The minimum atomic E-state index is -2.45. The summed E-state index contributed by atoms with van der Waals surface area (Å²) in [5.41, 5.74) is 0. The number of aliphatic imine (C=N–C) groups is 1. The van der Waals surface area contributed by atoms with Gasteiger partial charge in [0.05, 0.1) is 0 Å². The lowest BCUT2D eigenvalue weighted by atomic mass is 10.5. The van der Waals surface area contributed by atoms with Crippen molar-refractivity contribution in [2.24, 2.45) is 4.99 Å². The lowest BCUT2D eigenvalue weighted by Crippen LogP contribution is -2.46. The summed E-state index contributed by atoms with van der Waals surface area (Å²) in [6.45, 7) is 11.9. The second kappa shape index (κ2) is 9.75. The van der Waals surface area contributed by atoms with Crippen LogP contribution in [0.4, 0.5) is 0 Å². The number of hydrogen-bond acceptors (Lipinski definition) is 4. The molecule has 0 unspecified atom stereocenters. The van der Waals surface area contributed by atoms with Crippen molar-refractivity contribution in [1.29, 1.82) is 0 Å². The van der Waals surface area contributed by atoms with E-state index in [1.165, 1.54) is 0 Å². The van der Waals surface area contributed by atoms with E-state index >= 15 is 0 Å². The second-order valence-electron chi connectivity index (χ2n) is 3.13. The van der Waals surface area contributed by atoms with E-state index in [0.717, 1.165) is 12.5 Å². The predicted octanol–water partition coefficient (Wildman–Crippen LogP) is 2.28. The van der Waals surface area contributed by atoms with Gasteiger partial charge in [-0.3, -0.25) is 0 Å². The monoisotopic (exact) mass is 245 g/mol. The van der Waals surface area contributed by atoms with Crippen LogP contribution >= 0.6 is 0 Å². The maximum atomic E-state index is 5.71. The van der Waals surface area contributed by atoms with Crippen LogP contribution in [0, 0.1) is 0 Å². The van der Waals surface area contributed by atoms with Gasteiger partial charge in [-0.2, -0.15) is 0 Å². The van der Waals surface area contributed by atoms with Crippen molar-refractivity contribution in [3.8, 4) is 0 Å². The summed E-state index contributed by atoms with van der Waals surface area (Å²) in [6, 6.07) is 0.799. The molecule has 0 saturated carbocycles. The van der Waals surface area contributed by atoms with E-state index in [1.807, 2.05) is 20.8 Å². The molecule has 0 amide bonds. The van der Waals surface area contributed by atoms with Crippen molar-refractivity contribution >= 4 is 14.7 Å². The molecule has 0 rings (SSSR count). The fourth-order valence-electron chi connectivity index (χ4n) is 1.45. The molecule has 0 atom stereocenters. The molecule has 94 valence electrons. The molecular formula is C11H23NO3Si. The summed E-state index contributed by atoms with van der Waals surface area (Å²) in [7, 11) is -2.45. The molecule has 0 bridgehead atoms. The fraction of sp³-hybridized carbons (Fsp3) is 0.818. The van der Waals surface area contributed by atoms with Gasteiger partial charge in [-0.05, 0) is 39.6 Å². The van der Waals surface area contributed by atoms with Crippen LogP contribution in [0.5, 0.6) is 0 Å². The molecule has 0 aliphatic carbocycles. The van der Waals surface area contributed by atoms with Crippen LogP contribution in [0.3, 0.4) is 0 Å². The molecule has 0 saturated heterocycles. The molecule has 5 heteroatoms. The summed E-state index contributed by atoms with van der Waals surface area (Å²) in [4.78, 5) is 3.95. The zero-order valence-corrected chi connectivity index (χ0v) is 11.6. The summed E-state index contributed by atoms with van der Waals surface area (Å²) in [5, 5.41) is 0. The van der Waals surface area contributed by atoms with Gasteiger partial charge in [0.15, 0.2) is 0 Å². The summed E-state index contributed by atoms with van der Waals surface area (Å²) in [5.74, 6) is 2.52. The predicted molar refractivity (Wildman–Crippen MR) is 68.0 cm³/mol. The first kappa shape index (κ1) is 15.5. The molecule has 0 radical (unpaired) electrons. The molecule has 4 nitrogen and oxygen atoms in total. The lowest BCUT2D eigenvalue weighted by molar-refractivity contribution is 0.0710. The Morgan fingerprint density at radius 1 is 1.06 bits per heavy atom. The van der Waals surface area contributed by atoms with Gasteiger partial charge in [-0.15, -0.1) is 0 Å². The van der Waals surface area contributed by atoms with Crippen molar-refractivity contribution in [2.75, 3.05) is 26.4 Å². The molecule has 0 aromatic carbocycles. The van der Waals surface area contributed by atoms with Crippen LogP contribution in [-0.2, 0) is 13.3 Å². The third kappa shape index (κ3) is 6.20. The third-order valence-corrected chi connectivity index (χ3v) is 5.11. The minimum Gasteiger partial charge on any atom is -0.374 e. The minimum absolute atomic E-state index is 0.622. The van der Waals surface area contributed by atoms with Gasteiger partial charge < -0.3 is 13.3 Å².